The summed E-state index contributed by atoms with van der Waals surface area (Å²) in [4.78, 5) is 17.6. The van der Waals surface area contributed by atoms with E-state index in [2.05, 4.69) is 35.1 Å². The predicted octanol–water partition coefficient (Wildman–Crippen LogP) is 3.80. The summed E-state index contributed by atoms with van der Waals surface area (Å²) in [6, 6.07) is 15.8. The van der Waals surface area contributed by atoms with Gasteiger partial charge in [-0.05, 0) is 42.7 Å². The Morgan fingerprint density at radius 3 is 2.74 bits per heavy atom. The number of aromatic nitrogens is 1. The van der Waals surface area contributed by atoms with Crippen LogP contribution in [0.25, 0.3) is 10.9 Å². The van der Waals surface area contributed by atoms with E-state index in [1.165, 1.54) is 5.56 Å². The van der Waals surface area contributed by atoms with Crippen LogP contribution >= 0.6 is 12.6 Å². The number of hydrogen-bond donors (Lipinski definition) is 2. The van der Waals surface area contributed by atoms with Crippen molar-refractivity contribution in [2.24, 2.45) is 0 Å². The van der Waals surface area contributed by atoms with Gasteiger partial charge in [0.2, 0.25) is 0 Å². The molecule has 0 unspecified atom stereocenters. The van der Waals surface area contributed by atoms with Crippen molar-refractivity contribution in [2.45, 2.75) is 18.2 Å². The van der Waals surface area contributed by atoms with Crippen LogP contribution in [0, 0.1) is 6.92 Å². The topological polar surface area (TPSA) is 42.0 Å². The Hall–Kier alpha value is -2.33. The van der Waals surface area contributed by atoms with Crippen LogP contribution in [0.1, 0.15) is 21.5 Å². The van der Waals surface area contributed by atoms with Crippen LogP contribution < -0.4 is 5.32 Å². The van der Waals surface area contributed by atoms with Gasteiger partial charge in [-0.3, -0.25) is 9.78 Å². The summed E-state index contributed by atoms with van der Waals surface area (Å²) < 4.78 is 0. The summed E-state index contributed by atoms with van der Waals surface area (Å²) in [6.07, 6.45) is 2.47. The van der Waals surface area contributed by atoms with E-state index in [-0.39, 0.29) is 5.91 Å². The molecule has 0 radical (unpaired) electrons. The lowest BCUT2D eigenvalue weighted by Crippen LogP contribution is -2.26. The van der Waals surface area contributed by atoms with Crippen LogP contribution in [-0.2, 0) is 6.42 Å². The van der Waals surface area contributed by atoms with Gasteiger partial charge in [0.1, 0.15) is 0 Å². The van der Waals surface area contributed by atoms with Crippen LogP contribution in [0.4, 0.5) is 0 Å². The Balaban J connectivity index is 1.78. The number of hydrogen-bond acceptors (Lipinski definition) is 3. The van der Waals surface area contributed by atoms with Gasteiger partial charge in [0.15, 0.2) is 0 Å². The van der Waals surface area contributed by atoms with Gasteiger partial charge in [-0.25, -0.2) is 0 Å². The number of amides is 1. The third-order valence-corrected chi connectivity index (χ3v) is 4.10. The van der Waals surface area contributed by atoms with E-state index in [4.69, 9.17) is 0 Å². The number of carbonyl (C=O) groups excluding carboxylic acids is 1. The monoisotopic (exact) mass is 322 g/mol. The molecule has 0 atom stereocenters. The summed E-state index contributed by atoms with van der Waals surface area (Å²) in [5.41, 5.74) is 3.67. The number of pyridine rings is 1. The summed E-state index contributed by atoms with van der Waals surface area (Å²) in [7, 11) is 0. The van der Waals surface area contributed by atoms with Crippen molar-refractivity contribution in [3.05, 3.63) is 71.4 Å². The molecule has 3 aromatic rings. The van der Waals surface area contributed by atoms with E-state index in [9.17, 15) is 4.79 Å². The van der Waals surface area contributed by atoms with Gasteiger partial charge in [0, 0.05) is 23.0 Å². The third kappa shape index (κ3) is 3.54. The van der Waals surface area contributed by atoms with E-state index >= 15 is 0 Å². The van der Waals surface area contributed by atoms with Gasteiger partial charge in [-0.15, -0.1) is 12.6 Å². The lowest BCUT2D eigenvalue weighted by Gasteiger charge is -2.10. The Kier molecular flexibility index (Phi) is 4.63. The zero-order chi connectivity index (χ0) is 16.2. The minimum atomic E-state index is -0.0772. The summed E-state index contributed by atoms with van der Waals surface area (Å²) in [5, 5.41) is 3.83. The van der Waals surface area contributed by atoms with Crippen LogP contribution in [0.2, 0.25) is 0 Å². The van der Waals surface area contributed by atoms with E-state index in [1.807, 2.05) is 37.3 Å². The predicted molar refractivity (Wildman–Crippen MR) is 96.2 cm³/mol. The maximum absolute atomic E-state index is 12.5. The number of rotatable bonds is 4. The summed E-state index contributed by atoms with van der Waals surface area (Å²) in [6.45, 7) is 2.59. The van der Waals surface area contributed by atoms with Crippen molar-refractivity contribution in [2.75, 3.05) is 6.54 Å². The van der Waals surface area contributed by atoms with Gasteiger partial charge in [-0.1, -0.05) is 30.3 Å². The van der Waals surface area contributed by atoms with Crippen molar-refractivity contribution in [3.8, 4) is 0 Å². The maximum atomic E-state index is 12.5. The minimum Gasteiger partial charge on any atom is -0.352 e. The molecule has 0 saturated carbocycles. The summed E-state index contributed by atoms with van der Waals surface area (Å²) in [5.74, 6) is -0.0772. The second kappa shape index (κ2) is 6.84. The fraction of sp³-hybridized carbons (Fsp3) is 0.158. The van der Waals surface area contributed by atoms with Crippen molar-refractivity contribution < 1.29 is 4.79 Å². The maximum Gasteiger partial charge on any atom is 0.252 e. The molecule has 2 aromatic carbocycles. The number of carbonyl (C=O) groups is 1. The molecule has 0 aliphatic rings. The highest BCUT2D eigenvalue weighted by Crippen LogP contribution is 2.24. The number of aryl methyl sites for hydroxylation is 1. The second-order valence-electron chi connectivity index (χ2n) is 5.53. The molecule has 4 heteroatoms. The number of benzene rings is 2. The highest BCUT2D eigenvalue weighted by molar-refractivity contribution is 7.80. The molecule has 0 aliphatic carbocycles. The Morgan fingerprint density at radius 2 is 1.96 bits per heavy atom. The highest BCUT2D eigenvalue weighted by Gasteiger charge is 2.12. The highest BCUT2D eigenvalue weighted by atomic mass is 32.1. The van der Waals surface area contributed by atoms with E-state index < -0.39 is 0 Å². The van der Waals surface area contributed by atoms with Crippen molar-refractivity contribution in [1.29, 1.82) is 0 Å². The van der Waals surface area contributed by atoms with Crippen LogP contribution in [-0.4, -0.2) is 17.4 Å². The zero-order valence-corrected chi connectivity index (χ0v) is 13.8. The molecule has 3 nitrogen and oxygen atoms in total. The quantitative estimate of drug-likeness (QED) is 0.717. The standard InChI is InChI=1S/C19H18N2OS/c1-13-11-16-15(8-10-20-18(16)17(23)12-13)19(22)21-9-7-14-5-3-2-4-6-14/h2-6,8,10-12,23H,7,9H2,1H3,(H,21,22). The summed E-state index contributed by atoms with van der Waals surface area (Å²) >= 11 is 4.46. The Bertz CT molecular complexity index is 847. The molecule has 3 rings (SSSR count). The molecule has 1 aromatic heterocycles. The fourth-order valence-electron chi connectivity index (χ4n) is 2.64. The van der Waals surface area contributed by atoms with Gasteiger partial charge in [0.25, 0.3) is 5.91 Å². The lowest BCUT2D eigenvalue weighted by molar-refractivity contribution is 0.0955. The normalized spacial score (nSPS) is 10.7. The van der Waals surface area contributed by atoms with Gasteiger partial charge >= 0.3 is 0 Å². The molecule has 0 spiro atoms. The SMILES string of the molecule is Cc1cc(S)c2nccc(C(=O)NCCc3ccccc3)c2c1. The second-order valence-corrected chi connectivity index (χ2v) is 6.01. The van der Waals surface area contributed by atoms with E-state index in [0.29, 0.717) is 12.1 Å². The van der Waals surface area contributed by atoms with Crippen molar-refractivity contribution in [3.63, 3.8) is 0 Å². The first-order valence-corrected chi connectivity index (χ1v) is 8.00. The van der Waals surface area contributed by atoms with Crippen LogP contribution in [0.5, 0.6) is 0 Å². The third-order valence-electron chi connectivity index (χ3n) is 3.76. The molecule has 0 aliphatic heterocycles. The zero-order valence-electron chi connectivity index (χ0n) is 12.9. The number of thiol groups is 1. The molecule has 1 N–H and O–H groups in total. The largest absolute Gasteiger partial charge is 0.352 e. The number of nitrogens with zero attached hydrogens (tertiary/aromatic N) is 1. The van der Waals surface area contributed by atoms with Crippen LogP contribution in [0.15, 0.2) is 59.6 Å². The van der Waals surface area contributed by atoms with Gasteiger partial charge in [0.05, 0.1) is 11.1 Å². The molecule has 0 saturated heterocycles. The lowest BCUT2D eigenvalue weighted by atomic mass is 10.1. The first kappa shape index (κ1) is 15.6. The van der Waals surface area contributed by atoms with Gasteiger partial charge in [-0.2, -0.15) is 0 Å². The molecule has 1 amide bonds. The average molecular weight is 322 g/mol. The smallest absolute Gasteiger partial charge is 0.252 e. The molecular weight excluding hydrogens is 304 g/mol. The number of nitrogens with one attached hydrogen (secondary N) is 1. The molecule has 0 bridgehead atoms. The Morgan fingerprint density at radius 1 is 1.17 bits per heavy atom. The fourth-order valence-corrected chi connectivity index (χ4v) is 3.02. The number of fused-ring (bicyclic) bond motifs is 1. The van der Waals surface area contributed by atoms with Gasteiger partial charge < -0.3 is 5.32 Å². The molecular formula is C19H18N2OS. The Labute approximate surface area is 141 Å². The molecule has 0 fully saturated rings. The van der Waals surface area contributed by atoms with Crippen molar-refractivity contribution >= 4 is 29.4 Å². The first-order valence-electron chi connectivity index (χ1n) is 7.55. The first-order chi connectivity index (χ1) is 11.1. The van der Waals surface area contributed by atoms with E-state index in [1.54, 1.807) is 12.3 Å². The molecule has 23 heavy (non-hydrogen) atoms. The van der Waals surface area contributed by atoms with Crippen LogP contribution in [0.3, 0.4) is 0 Å². The van der Waals surface area contributed by atoms with Crippen molar-refractivity contribution in [1.82, 2.24) is 10.3 Å². The minimum absolute atomic E-state index is 0.0772. The van der Waals surface area contributed by atoms with E-state index in [0.717, 1.165) is 27.8 Å². The molecule has 116 valence electrons. The molecule has 1 heterocycles. The average Bonchev–Trinajstić information content (AvgIpc) is 2.55.